The minimum absolute atomic E-state index is 0.166. The van der Waals surface area contributed by atoms with Crippen LogP contribution in [-0.4, -0.2) is 13.4 Å². The molecule has 0 aliphatic rings. The van der Waals surface area contributed by atoms with E-state index in [-0.39, 0.29) is 4.21 Å². The minimum Gasteiger partial charge on any atom is -0.366 e. The molecule has 0 amide bonds. The SMILES string of the molecule is Cc1ccccc1CNc1ccc(NS(=O)(=O)c2ccc(Cl)s2)cn1. The van der Waals surface area contributed by atoms with Crippen LogP contribution < -0.4 is 10.0 Å². The molecule has 2 N–H and O–H groups in total. The molecule has 0 bridgehead atoms. The Balaban J connectivity index is 1.65. The maximum atomic E-state index is 12.2. The molecular formula is C17H16ClN3O2S2. The van der Waals surface area contributed by atoms with Crippen molar-refractivity contribution in [3.63, 3.8) is 0 Å². The van der Waals surface area contributed by atoms with E-state index >= 15 is 0 Å². The number of rotatable bonds is 6. The molecule has 130 valence electrons. The number of nitrogens with one attached hydrogen (secondary N) is 2. The van der Waals surface area contributed by atoms with Crippen molar-refractivity contribution in [2.45, 2.75) is 17.7 Å². The molecule has 25 heavy (non-hydrogen) atoms. The average molecular weight is 394 g/mol. The Kier molecular flexibility index (Phi) is 5.27. The summed E-state index contributed by atoms with van der Waals surface area (Å²) in [4.78, 5) is 4.25. The zero-order chi connectivity index (χ0) is 17.9. The molecule has 0 atom stereocenters. The van der Waals surface area contributed by atoms with Gasteiger partial charge in [0, 0.05) is 6.54 Å². The molecule has 1 aromatic carbocycles. The van der Waals surface area contributed by atoms with Gasteiger partial charge >= 0.3 is 0 Å². The molecule has 0 saturated heterocycles. The molecule has 0 saturated carbocycles. The highest BCUT2D eigenvalue weighted by Crippen LogP contribution is 2.27. The van der Waals surface area contributed by atoms with Gasteiger partial charge in [-0.1, -0.05) is 35.9 Å². The first-order valence-electron chi connectivity index (χ1n) is 7.47. The van der Waals surface area contributed by atoms with Gasteiger partial charge in [-0.05, 0) is 42.3 Å². The summed E-state index contributed by atoms with van der Waals surface area (Å²) in [5.41, 5.74) is 2.78. The number of aryl methyl sites for hydroxylation is 1. The van der Waals surface area contributed by atoms with Crippen LogP contribution in [0.2, 0.25) is 4.34 Å². The molecule has 3 rings (SSSR count). The quantitative estimate of drug-likeness (QED) is 0.646. The summed E-state index contributed by atoms with van der Waals surface area (Å²) in [5.74, 6) is 0.672. The normalized spacial score (nSPS) is 11.3. The number of sulfonamides is 1. The van der Waals surface area contributed by atoms with Crippen molar-refractivity contribution in [3.8, 4) is 0 Å². The Labute approximate surface area is 155 Å². The number of benzene rings is 1. The smallest absolute Gasteiger partial charge is 0.271 e. The second kappa shape index (κ2) is 7.43. The van der Waals surface area contributed by atoms with Crippen LogP contribution in [0, 0.1) is 6.92 Å². The highest BCUT2D eigenvalue weighted by atomic mass is 35.5. The third-order valence-corrected chi connectivity index (χ3v) is 6.65. The van der Waals surface area contributed by atoms with Crippen molar-refractivity contribution < 1.29 is 8.42 Å². The van der Waals surface area contributed by atoms with Gasteiger partial charge in [0.25, 0.3) is 10.0 Å². The molecule has 0 unspecified atom stereocenters. The van der Waals surface area contributed by atoms with Gasteiger partial charge in [0.2, 0.25) is 0 Å². The second-order valence-electron chi connectivity index (χ2n) is 5.38. The fourth-order valence-corrected chi connectivity index (χ4v) is 4.73. The molecule has 5 nitrogen and oxygen atoms in total. The molecular weight excluding hydrogens is 378 g/mol. The number of nitrogens with zero attached hydrogens (tertiary/aromatic N) is 1. The fraction of sp³-hybridized carbons (Fsp3) is 0.118. The monoisotopic (exact) mass is 393 g/mol. The first-order chi connectivity index (χ1) is 11.9. The lowest BCUT2D eigenvalue weighted by molar-refractivity contribution is 0.603. The topological polar surface area (TPSA) is 71.1 Å². The number of halogens is 1. The maximum absolute atomic E-state index is 12.2. The zero-order valence-corrected chi connectivity index (χ0v) is 15.8. The van der Waals surface area contributed by atoms with Crippen molar-refractivity contribution in [1.29, 1.82) is 0 Å². The summed E-state index contributed by atoms with van der Waals surface area (Å²) < 4.78 is 27.6. The predicted molar refractivity (Wildman–Crippen MR) is 103 cm³/mol. The van der Waals surface area contributed by atoms with E-state index in [1.807, 2.05) is 12.1 Å². The molecule has 2 aromatic heterocycles. The molecule has 0 aliphatic carbocycles. The number of hydrogen-bond donors (Lipinski definition) is 2. The van der Waals surface area contributed by atoms with E-state index in [1.54, 1.807) is 18.2 Å². The third-order valence-electron chi connectivity index (χ3n) is 3.55. The Morgan fingerprint density at radius 3 is 2.56 bits per heavy atom. The molecule has 0 fully saturated rings. The summed E-state index contributed by atoms with van der Waals surface area (Å²) >= 11 is 6.80. The second-order valence-corrected chi connectivity index (χ2v) is 9.00. The van der Waals surface area contributed by atoms with Crippen molar-refractivity contribution >= 4 is 44.5 Å². The molecule has 2 heterocycles. The molecule has 0 spiro atoms. The number of thiophene rings is 1. The van der Waals surface area contributed by atoms with E-state index in [9.17, 15) is 8.42 Å². The summed E-state index contributed by atoms with van der Waals surface area (Å²) in [7, 11) is -3.64. The molecule has 8 heteroatoms. The lowest BCUT2D eigenvalue weighted by atomic mass is 10.1. The van der Waals surface area contributed by atoms with Gasteiger partial charge < -0.3 is 5.32 Å². The van der Waals surface area contributed by atoms with Crippen molar-refractivity contribution in [1.82, 2.24) is 4.98 Å². The lowest BCUT2D eigenvalue weighted by Gasteiger charge is -2.10. The lowest BCUT2D eigenvalue weighted by Crippen LogP contribution is -2.11. The molecule has 0 aliphatic heterocycles. The van der Waals surface area contributed by atoms with Crippen LogP contribution in [0.1, 0.15) is 11.1 Å². The minimum atomic E-state index is -3.64. The largest absolute Gasteiger partial charge is 0.366 e. The molecule has 0 radical (unpaired) electrons. The van der Waals surface area contributed by atoms with Crippen molar-refractivity contribution in [2.75, 3.05) is 10.0 Å². The highest BCUT2D eigenvalue weighted by molar-refractivity contribution is 7.94. The number of hydrogen-bond acceptors (Lipinski definition) is 5. The number of anilines is 2. The van der Waals surface area contributed by atoms with Gasteiger partial charge in [-0.15, -0.1) is 11.3 Å². The summed E-state index contributed by atoms with van der Waals surface area (Å²) in [5, 5.41) is 3.22. The summed E-state index contributed by atoms with van der Waals surface area (Å²) in [6.07, 6.45) is 1.48. The Hall–Kier alpha value is -2.09. The Morgan fingerprint density at radius 1 is 1.12 bits per heavy atom. The van der Waals surface area contributed by atoms with Crippen molar-refractivity contribution in [3.05, 3.63) is 70.2 Å². The van der Waals surface area contributed by atoms with E-state index in [2.05, 4.69) is 34.1 Å². The number of pyridine rings is 1. The van der Waals surface area contributed by atoms with Gasteiger partial charge in [-0.25, -0.2) is 13.4 Å². The van der Waals surface area contributed by atoms with E-state index < -0.39 is 10.0 Å². The van der Waals surface area contributed by atoms with Gasteiger partial charge in [-0.3, -0.25) is 4.72 Å². The van der Waals surface area contributed by atoms with Crippen LogP contribution in [0.25, 0.3) is 0 Å². The van der Waals surface area contributed by atoms with E-state index in [4.69, 9.17) is 11.6 Å². The van der Waals surface area contributed by atoms with E-state index in [0.29, 0.717) is 22.4 Å². The summed E-state index contributed by atoms with van der Waals surface area (Å²) in [6.45, 7) is 2.71. The predicted octanol–water partition coefficient (Wildman–Crippen LogP) is 4.52. The van der Waals surface area contributed by atoms with Crippen molar-refractivity contribution in [2.24, 2.45) is 0 Å². The fourth-order valence-electron chi connectivity index (χ4n) is 2.20. The first kappa shape index (κ1) is 17.7. The van der Waals surface area contributed by atoms with Crippen LogP contribution in [0.15, 0.2) is 58.9 Å². The van der Waals surface area contributed by atoms with Crippen LogP contribution >= 0.6 is 22.9 Å². The average Bonchev–Trinajstić information content (AvgIpc) is 3.03. The van der Waals surface area contributed by atoms with E-state index in [1.165, 1.54) is 23.4 Å². The highest BCUT2D eigenvalue weighted by Gasteiger charge is 2.16. The third kappa shape index (κ3) is 4.50. The van der Waals surface area contributed by atoms with Gasteiger partial charge in [0.15, 0.2) is 0 Å². The van der Waals surface area contributed by atoms with Crippen LogP contribution in [-0.2, 0) is 16.6 Å². The standard InChI is InChI=1S/C17H16ClN3O2S2/c1-12-4-2-3-5-13(12)10-19-16-8-6-14(11-20-16)21-25(22,23)17-9-7-15(18)24-17/h2-9,11,21H,10H2,1H3,(H,19,20). The Morgan fingerprint density at radius 2 is 1.92 bits per heavy atom. The van der Waals surface area contributed by atoms with Gasteiger partial charge in [-0.2, -0.15) is 0 Å². The molecule has 3 aromatic rings. The first-order valence-corrected chi connectivity index (χ1v) is 10.1. The zero-order valence-electron chi connectivity index (χ0n) is 13.4. The van der Waals surface area contributed by atoms with Crippen LogP contribution in [0.4, 0.5) is 11.5 Å². The Bertz CT molecular complexity index is 970. The van der Waals surface area contributed by atoms with Crippen LogP contribution in [0.3, 0.4) is 0 Å². The number of aromatic nitrogens is 1. The van der Waals surface area contributed by atoms with E-state index in [0.717, 1.165) is 11.3 Å². The van der Waals surface area contributed by atoms with Crippen LogP contribution in [0.5, 0.6) is 0 Å². The summed E-state index contributed by atoms with van der Waals surface area (Å²) in [6, 6.07) is 14.5. The maximum Gasteiger partial charge on any atom is 0.271 e. The van der Waals surface area contributed by atoms with Gasteiger partial charge in [0.05, 0.1) is 16.2 Å². The van der Waals surface area contributed by atoms with Gasteiger partial charge in [0.1, 0.15) is 10.0 Å².